The van der Waals surface area contributed by atoms with Crippen molar-refractivity contribution in [3.8, 4) is 0 Å². The molecule has 3 heteroatoms. The van der Waals surface area contributed by atoms with E-state index in [4.69, 9.17) is 16.3 Å². The number of ether oxygens (including phenoxy) is 1. The second kappa shape index (κ2) is 6.13. The summed E-state index contributed by atoms with van der Waals surface area (Å²) in [4.78, 5) is 11.1. The zero-order chi connectivity index (χ0) is 12.0. The Morgan fingerprint density at radius 1 is 1.44 bits per heavy atom. The first kappa shape index (κ1) is 12.5. The molecule has 0 radical (unpaired) electrons. The van der Waals surface area contributed by atoms with Gasteiger partial charge in [0.2, 0.25) is 0 Å². The van der Waals surface area contributed by atoms with E-state index < -0.39 is 5.97 Å². The van der Waals surface area contributed by atoms with Crippen LogP contribution in [0.15, 0.2) is 47.5 Å². The summed E-state index contributed by atoms with van der Waals surface area (Å²) in [6.07, 6.45) is 1.76. The molecule has 0 aliphatic heterocycles. The second-order valence-electron chi connectivity index (χ2n) is 3.36. The Bertz CT molecular complexity index is 407. The minimum atomic E-state index is -0.431. The van der Waals surface area contributed by atoms with Crippen molar-refractivity contribution in [2.45, 2.75) is 6.92 Å². The Hall–Kier alpha value is -1.54. The van der Waals surface area contributed by atoms with Gasteiger partial charge in [-0.15, -0.1) is 0 Å². The van der Waals surface area contributed by atoms with E-state index >= 15 is 0 Å². The summed E-state index contributed by atoms with van der Waals surface area (Å²) in [5.74, 6) is -0.431. The standard InChI is InChI=1S/C13H13ClO2/c1-10(2)13(15)16-9-12(14)8-11-6-4-3-5-7-11/h3-8H,1,9H2,2H3. The highest BCUT2D eigenvalue weighted by atomic mass is 35.5. The van der Waals surface area contributed by atoms with Crippen LogP contribution in [0.3, 0.4) is 0 Å². The lowest BCUT2D eigenvalue weighted by molar-refractivity contribution is -0.137. The molecule has 1 rings (SSSR count). The van der Waals surface area contributed by atoms with Crippen LogP contribution in [-0.4, -0.2) is 12.6 Å². The lowest BCUT2D eigenvalue weighted by Crippen LogP contribution is -2.06. The molecule has 0 heterocycles. The molecule has 1 aromatic rings. The molecule has 0 atom stereocenters. The average molecular weight is 237 g/mol. The van der Waals surface area contributed by atoms with E-state index in [2.05, 4.69) is 6.58 Å². The van der Waals surface area contributed by atoms with Gasteiger partial charge in [-0.25, -0.2) is 4.79 Å². The van der Waals surface area contributed by atoms with Crippen LogP contribution < -0.4 is 0 Å². The van der Waals surface area contributed by atoms with E-state index in [-0.39, 0.29) is 6.61 Å². The molecule has 16 heavy (non-hydrogen) atoms. The monoisotopic (exact) mass is 236 g/mol. The first-order chi connectivity index (χ1) is 7.59. The van der Waals surface area contributed by atoms with Crippen molar-refractivity contribution < 1.29 is 9.53 Å². The zero-order valence-electron chi connectivity index (χ0n) is 9.07. The van der Waals surface area contributed by atoms with Crippen LogP contribution in [0.2, 0.25) is 0 Å². The molecular formula is C13H13ClO2. The third-order valence-electron chi connectivity index (χ3n) is 1.81. The van der Waals surface area contributed by atoms with Crippen LogP contribution in [0.1, 0.15) is 12.5 Å². The highest BCUT2D eigenvalue weighted by molar-refractivity contribution is 6.31. The third kappa shape index (κ3) is 4.32. The van der Waals surface area contributed by atoms with E-state index in [1.165, 1.54) is 0 Å². The summed E-state index contributed by atoms with van der Waals surface area (Å²) in [6, 6.07) is 9.59. The zero-order valence-corrected chi connectivity index (χ0v) is 9.83. The van der Waals surface area contributed by atoms with Crippen LogP contribution in [0, 0.1) is 0 Å². The Kier molecular flexibility index (Phi) is 4.80. The fourth-order valence-corrected chi connectivity index (χ4v) is 1.21. The molecule has 0 saturated carbocycles. The highest BCUT2D eigenvalue weighted by Gasteiger charge is 2.03. The molecule has 84 valence electrons. The van der Waals surface area contributed by atoms with Gasteiger partial charge in [0.1, 0.15) is 6.61 Å². The van der Waals surface area contributed by atoms with E-state index in [1.54, 1.807) is 13.0 Å². The average Bonchev–Trinajstić information content (AvgIpc) is 2.27. The lowest BCUT2D eigenvalue weighted by Gasteiger charge is -2.03. The Morgan fingerprint density at radius 3 is 2.62 bits per heavy atom. The smallest absolute Gasteiger partial charge is 0.333 e. The quantitative estimate of drug-likeness (QED) is 0.592. The normalized spacial score (nSPS) is 11.0. The number of hydrogen-bond acceptors (Lipinski definition) is 2. The molecule has 0 saturated heterocycles. The fraction of sp³-hybridized carbons (Fsp3) is 0.154. The van der Waals surface area contributed by atoms with Gasteiger partial charge in [0.05, 0.1) is 5.03 Å². The molecule has 0 amide bonds. The maximum atomic E-state index is 11.1. The van der Waals surface area contributed by atoms with Gasteiger partial charge < -0.3 is 4.74 Å². The highest BCUT2D eigenvalue weighted by Crippen LogP contribution is 2.10. The number of halogens is 1. The molecule has 2 nitrogen and oxygen atoms in total. The number of carbonyl (C=O) groups excluding carboxylic acids is 1. The third-order valence-corrected chi connectivity index (χ3v) is 2.03. The van der Waals surface area contributed by atoms with E-state index in [1.807, 2.05) is 30.3 Å². The number of hydrogen-bond donors (Lipinski definition) is 0. The minimum Gasteiger partial charge on any atom is -0.457 e. The summed E-state index contributed by atoms with van der Waals surface area (Å²) in [7, 11) is 0. The molecule has 0 N–H and O–H groups in total. The minimum absolute atomic E-state index is 0.0716. The van der Waals surface area contributed by atoms with E-state index in [0.29, 0.717) is 10.6 Å². The van der Waals surface area contributed by atoms with Gasteiger partial charge in [-0.2, -0.15) is 0 Å². The van der Waals surface area contributed by atoms with Crippen LogP contribution in [-0.2, 0) is 9.53 Å². The largest absolute Gasteiger partial charge is 0.457 e. The topological polar surface area (TPSA) is 26.3 Å². The van der Waals surface area contributed by atoms with Crippen molar-refractivity contribution in [1.82, 2.24) is 0 Å². The van der Waals surface area contributed by atoms with Crippen molar-refractivity contribution >= 4 is 23.6 Å². The lowest BCUT2D eigenvalue weighted by atomic mass is 10.2. The van der Waals surface area contributed by atoms with Gasteiger partial charge >= 0.3 is 5.97 Å². The first-order valence-electron chi connectivity index (χ1n) is 4.83. The SMILES string of the molecule is C=C(C)C(=O)OCC(Cl)=Cc1ccccc1. The van der Waals surface area contributed by atoms with E-state index in [9.17, 15) is 4.79 Å². The number of esters is 1. The fourth-order valence-electron chi connectivity index (χ4n) is 1.03. The molecule has 0 aliphatic rings. The molecular weight excluding hydrogens is 224 g/mol. The molecule has 0 spiro atoms. The Labute approximate surface area is 100 Å². The number of rotatable bonds is 4. The van der Waals surface area contributed by atoms with Gasteiger partial charge in [0, 0.05) is 5.57 Å². The molecule has 0 aliphatic carbocycles. The van der Waals surface area contributed by atoms with Crippen molar-refractivity contribution in [2.75, 3.05) is 6.61 Å². The molecule has 0 fully saturated rings. The molecule has 0 bridgehead atoms. The van der Waals surface area contributed by atoms with Crippen LogP contribution in [0.5, 0.6) is 0 Å². The summed E-state index contributed by atoms with van der Waals surface area (Å²) < 4.78 is 4.90. The summed E-state index contributed by atoms with van der Waals surface area (Å²) >= 11 is 5.92. The summed E-state index contributed by atoms with van der Waals surface area (Å²) in [5, 5.41) is 0.473. The van der Waals surface area contributed by atoms with Gasteiger partial charge in [0.25, 0.3) is 0 Å². The van der Waals surface area contributed by atoms with Crippen molar-refractivity contribution in [1.29, 1.82) is 0 Å². The van der Waals surface area contributed by atoms with Gasteiger partial charge in [-0.3, -0.25) is 0 Å². The summed E-state index contributed by atoms with van der Waals surface area (Å²) in [5.41, 5.74) is 1.34. The van der Waals surface area contributed by atoms with Crippen molar-refractivity contribution in [3.63, 3.8) is 0 Å². The van der Waals surface area contributed by atoms with Crippen LogP contribution in [0.25, 0.3) is 6.08 Å². The summed E-state index contributed by atoms with van der Waals surface area (Å²) in [6.45, 7) is 5.15. The Balaban J connectivity index is 2.53. The van der Waals surface area contributed by atoms with Gasteiger partial charge in [0.15, 0.2) is 0 Å². The maximum absolute atomic E-state index is 11.1. The molecule has 0 unspecified atom stereocenters. The predicted octanol–water partition coefficient (Wildman–Crippen LogP) is 3.39. The first-order valence-corrected chi connectivity index (χ1v) is 5.21. The van der Waals surface area contributed by atoms with Crippen molar-refractivity contribution in [3.05, 3.63) is 53.1 Å². The maximum Gasteiger partial charge on any atom is 0.333 e. The van der Waals surface area contributed by atoms with E-state index in [0.717, 1.165) is 5.56 Å². The van der Waals surface area contributed by atoms with Gasteiger partial charge in [-0.1, -0.05) is 48.5 Å². The number of carbonyl (C=O) groups is 1. The van der Waals surface area contributed by atoms with Crippen LogP contribution >= 0.6 is 11.6 Å². The van der Waals surface area contributed by atoms with Gasteiger partial charge in [-0.05, 0) is 18.6 Å². The predicted molar refractivity (Wildman–Crippen MR) is 66.0 cm³/mol. The number of benzene rings is 1. The van der Waals surface area contributed by atoms with Crippen LogP contribution in [0.4, 0.5) is 0 Å². The Morgan fingerprint density at radius 2 is 2.06 bits per heavy atom. The molecule has 1 aromatic carbocycles. The second-order valence-corrected chi connectivity index (χ2v) is 3.84. The molecule has 0 aromatic heterocycles. The van der Waals surface area contributed by atoms with Crippen molar-refractivity contribution in [2.24, 2.45) is 0 Å².